The van der Waals surface area contributed by atoms with Crippen LogP contribution in [0.4, 0.5) is 0 Å². The van der Waals surface area contributed by atoms with Crippen LogP contribution in [0.5, 0.6) is 0 Å². The Bertz CT molecular complexity index is 4420. The number of nitrogens with one attached hydrogen (secondary N) is 4. The van der Waals surface area contributed by atoms with Gasteiger partial charge < -0.3 is 43.4 Å². The number of amides is 1. The molecule has 4 saturated heterocycles. The van der Waals surface area contributed by atoms with Crippen LogP contribution in [0.3, 0.4) is 0 Å². The predicted octanol–water partition coefficient (Wildman–Crippen LogP) is 3.24. The molecule has 0 bridgehead atoms. The second-order valence-corrected chi connectivity index (χ2v) is 27.1. The number of aromatic amines is 4. The number of carbonyl (C=O) groups excluding carboxylic acids is 2. The number of nitrogens with zero attached hydrogens (tertiary/aromatic N) is 7. The lowest BCUT2D eigenvalue weighted by molar-refractivity contribution is -0.153. The Morgan fingerprint density at radius 3 is 1.27 bits per heavy atom. The Kier molecular flexibility index (Phi) is 25.2. The first-order chi connectivity index (χ1) is 46.4. The summed E-state index contributed by atoms with van der Waals surface area (Å²) < 4.78 is 96.4. The van der Waals surface area contributed by atoms with Crippen molar-refractivity contribution in [3.63, 3.8) is 0 Å². The largest absolute Gasteiger partial charge is 0.475 e. The van der Waals surface area contributed by atoms with Crippen LogP contribution in [0.2, 0.25) is 0 Å². The average molecular weight is 1410 g/mol. The average Bonchev–Trinajstić information content (AvgIpc) is 1.66. The summed E-state index contributed by atoms with van der Waals surface area (Å²) in [6.07, 6.45) is -5.20. The van der Waals surface area contributed by atoms with Crippen molar-refractivity contribution >= 4 is 27.5 Å². The Balaban J connectivity index is 0.000000264. The van der Waals surface area contributed by atoms with E-state index in [2.05, 4.69) is 29.6 Å². The monoisotopic (exact) mass is 1410 g/mol. The number of likely N-dealkylation sites (N-methyl/N-ethyl adjacent to an activating group) is 1. The second-order valence-electron chi connectivity index (χ2n) is 23.9. The fourth-order valence-corrected chi connectivity index (χ4v) is 13.9. The van der Waals surface area contributed by atoms with E-state index >= 15 is 0 Å². The lowest BCUT2D eigenvalue weighted by Crippen LogP contribution is -2.37. The molecule has 4 aromatic heterocycles. The number of phosphoric ester groups is 2. The van der Waals surface area contributed by atoms with E-state index in [9.17, 15) is 62.2 Å². The normalized spacial score (nSPS) is 24.8. The summed E-state index contributed by atoms with van der Waals surface area (Å²) in [4.78, 5) is 141. The molecule has 0 spiro atoms. The highest BCUT2D eigenvalue weighted by molar-refractivity contribution is 7.48. The Hall–Kier alpha value is -8.12. The van der Waals surface area contributed by atoms with E-state index in [1.54, 1.807) is 32.9 Å². The van der Waals surface area contributed by atoms with Gasteiger partial charge in [0, 0.05) is 85.3 Å². The highest BCUT2D eigenvalue weighted by Crippen LogP contribution is 2.55. The molecule has 4 aliphatic rings. The maximum atomic E-state index is 14.3. The third-order valence-electron chi connectivity index (χ3n) is 16.8. The van der Waals surface area contributed by atoms with E-state index in [0.29, 0.717) is 24.0 Å². The Morgan fingerprint density at radius 2 is 0.888 bits per heavy atom. The molecule has 5 aromatic rings. The van der Waals surface area contributed by atoms with Crippen LogP contribution in [0.1, 0.15) is 127 Å². The number of aromatic nitrogens is 8. The first-order valence-corrected chi connectivity index (χ1v) is 34.2. The van der Waals surface area contributed by atoms with Crippen LogP contribution in [-0.2, 0) is 64.8 Å². The number of aliphatic hydroxyl groups is 1. The molecule has 35 nitrogen and oxygen atoms in total. The number of phosphoric acid groups is 2. The molecule has 9 rings (SSSR count). The number of aliphatic hydroxyl groups excluding tert-OH is 1. The molecule has 5 N–H and O–H groups in total. The number of carbonyl (C=O) groups is 2. The molecule has 98 heavy (non-hydrogen) atoms. The third-order valence-corrected chi connectivity index (χ3v) is 19.8. The standard InChI is InChI=1S/C37H47N6O13P.C24H32N5O11P/c1-9-26-28(15-31(53-26)43-17-23(5)34(46)40-37(43)49)56-57(50,51-11-10-38-7)52-19-29-27(14-30(54-29)42-16-22(4)33(45)39-36(42)48)55-32(44)18-41(8)35(47)25-12-20(2)24(6)21(3)13-25;1-5-16-17(9-20(38-16)29-11-14(3)22(32)27-24(29)34)40-41(35,36-7-6-25-4)37-12-18-15(30)8-19(39-18)28-10-13(2)21(31)26-23(28)33/h12-13,16-17,26-31H,9-11,14-15,18-19H2,1-6,8H3,(H,39,45,48)(H,40,46,49);10-11,15-20,30H,5-9,12H2,1-3H3,(H,26,31,33)(H,27,32,34). The van der Waals surface area contributed by atoms with Crippen molar-refractivity contribution in [2.24, 2.45) is 0 Å². The SMILES string of the molecule is [C-]#[N+]CCOP(=O)(OCC1OC(n2cc(C)c(=O)[nH]c2=O)CC1O)OC1CC(n2cc(C)c(=O)[nH]c2=O)OC1CC.[C-]#[N+]CCOP(=O)(OCC1OC(n2cc(C)c(=O)[nH]c2=O)CC1OC(=O)CN(C)C(=O)c1cc(C)c(C)c(C)c1)OC1CC(n2cc(C)c(=O)[nH]c2=O)OC1CC. The molecule has 532 valence electrons. The first kappa shape index (κ1) is 75.6. The maximum Gasteiger partial charge on any atom is 0.475 e. The van der Waals surface area contributed by atoms with Gasteiger partial charge in [-0.15, -0.1) is 0 Å². The van der Waals surface area contributed by atoms with Crippen molar-refractivity contribution in [3.05, 3.63) is 188 Å². The highest BCUT2D eigenvalue weighted by Gasteiger charge is 2.47. The van der Waals surface area contributed by atoms with Gasteiger partial charge in [-0.25, -0.2) is 41.5 Å². The van der Waals surface area contributed by atoms with E-state index in [4.69, 9.17) is 64.0 Å². The predicted molar refractivity (Wildman–Crippen MR) is 344 cm³/mol. The zero-order valence-electron chi connectivity index (χ0n) is 55.4. The number of esters is 1. The minimum absolute atomic E-state index is 0.00739. The molecule has 4 aliphatic heterocycles. The zero-order chi connectivity index (χ0) is 71.7. The van der Waals surface area contributed by atoms with E-state index in [1.165, 1.54) is 66.6 Å². The van der Waals surface area contributed by atoms with Crippen molar-refractivity contribution in [2.45, 2.75) is 175 Å². The van der Waals surface area contributed by atoms with Crippen molar-refractivity contribution < 1.29 is 74.7 Å². The number of ether oxygens (including phenoxy) is 5. The number of aryl methyl sites for hydroxylation is 6. The van der Waals surface area contributed by atoms with Gasteiger partial charge in [-0.05, 0) is 90.1 Å². The number of benzene rings is 1. The number of rotatable bonds is 26. The smallest absolute Gasteiger partial charge is 0.458 e. The maximum absolute atomic E-state index is 14.3. The molecule has 0 saturated carbocycles. The van der Waals surface area contributed by atoms with E-state index in [1.807, 2.05) is 20.8 Å². The molecule has 4 fully saturated rings. The van der Waals surface area contributed by atoms with Gasteiger partial charge in [0.25, 0.3) is 28.1 Å². The lowest BCUT2D eigenvalue weighted by atomic mass is 10.00. The first-order valence-electron chi connectivity index (χ1n) is 31.3. The Labute approximate surface area is 558 Å². The van der Waals surface area contributed by atoms with Crippen molar-refractivity contribution in [1.29, 1.82) is 0 Å². The summed E-state index contributed by atoms with van der Waals surface area (Å²) in [6, 6.07) is 3.48. The fourth-order valence-electron chi connectivity index (χ4n) is 11.2. The molecule has 8 heterocycles. The summed E-state index contributed by atoms with van der Waals surface area (Å²) in [5.74, 6) is -1.22. The summed E-state index contributed by atoms with van der Waals surface area (Å²) in [6.45, 7) is 27.2. The van der Waals surface area contributed by atoms with E-state index in [0.717, 1.165) is 25.8 Å². The lowest BCUT2D eigenvalue weighted by Gasteiger charge is -2.26. The van der Waals surface area contributed by atoms with Crippen molar-refractivity contribution in [1.82, 2.24) is 43.1 Å². The molecule has 14 atom stereocenters. The van der Waals surface area contributed by atoms with Gasteiger partial charge in [-0.2, -0.15) is 0 Å². The molecule has 1 aromatic carbocycles. The minimum Gasteiger partial charge on any atom is -0.458 e. The summed E-state index contributed by atoms with van der Waals surface area (Å²) in [7, 11) is -7.48. The zero-order valence-corrected chi connectivity index (χ0v) is 57.2. The van der Waals surface area contributed by atoms with Crippen LogP contribution in [0, 0.1) is 61.6 Å². The van der Waals surface area contributed by atoms with Gasteiger partial charge >= 0.3 is 44.4 Å². The van der Waals surface area contributed by atoms with E-state index in [-0.39, 0.29) is 68.7 Å². The number of hydrogen-bond acceptors (Lipinski definition) is 24. The quantitative estimate of drug-likeness (QED) is 0.0229. The van der Waals surface area contributed by atoms with Gasteiger partial charge in [0.15, 0.2) is 0 Å². The molecule has 37 heteroatoms. The molecule has 14 unspecified atom stereocenters. The minimum atomic E-state index is -4.56. The van der Waals surface area contributed by atoms with Crippen molar-refractivity contribution in [3.8, 4) is 0 Å². The molecular formula is C61H79N11O24P2. The number of hydrogen-bond donors (Lipinski definition) is 5. The highest BCUT2D eigenvalue weighted by atomic mass is 31.2. The summed E-state index contributed by atoms with van der Waals surface area (Å²) in [5, 5.41) is 10.6. The van der Waals surface area contributed by atoms with Crippen molar-refractivity contribution in [2.75, 3.05) is 53.1 Å². The van der Waals surface area contributed by atoms with E-state index < -0.39 is 166 Å². The summed E-state index contributed by atoms with van der Waals surface area (Å²) >= 11 is 0. The third kappa shape index (κ3) is 18.4. The molecule has 1 amide bonds. The molecule has 0 aliphatic carbocycles. The summed E-state index contributed by atoms with van der Waals surface area (Å²) in [5.41, 5.74) is -0.746. The number of H-pyrrole nitrogens is 4. The van der Waals surface area contributed by atoms with Gasteiger partial charge in [0.2, 0.25) is 13.1 Å². The van der Waals surface area contributed by atoms with Crippen LogP contribution in [0.15, 0.2) is 75.3 Å². The molecule has 0 radical (unpaired) electrons. The fraction of sp³-hybridized carbons (Fsp3) is 0.574. The van der Waals surface area contributed by atoms with Gasteiger partial charge in [-0.1, -0.05) is 13.8 Å². The second kappa shape index (κ2) is 32.7. The van der Waals surface area contributed by atoms with Crippen LogP contribution < -0.4 is 45.0 Å². The topological polar surface area (TPSA) is 421 Å². The molecular weight excluding hydrogens is 1330 g/mol. The van der Waals surface area contributed by atoms with Crippen LogP contribution in [-0.4, -0.2) is 162 Å². The van der Waals surface area contributed by atoms with Crippen LogP contribution in [0.25, 0.3) is 9.69 Å². The van der Waals surface area contributed by atoms with Gasteiger partial charge in [-0.3, -0.25) is 94.1 Å². The van der Waals surface area contributed by atoms with Gasteiger partial charge in [0.1, 0.15) is 63.0 Å². The Morgan fingerprint density at radius 1 is 0.541 bits per heavy atom. The van der Waals surface area contributed by atoms with Gasteiger partial charge in [0.05, 0.1) is 43.7 Å². The van der Waals surface area contributed by atoms with Crippen LogP contribution >= 0.6 is 15.6 Å².